The standard InChI is InChI=1S/C16H15F2NO.C16H16FNO/c1-10-4-6-13(17)9-15(10)12-5-7-14(16(18)8-12)11(2)19-20-3;1-11-6-4-5-7-14(11)13-8-9-15(16(17)10-13)12(2)18-19-3/h4-9H,1-3H3;4-10H,1-3H3/b19-11+;18-12+. The number of rotatable bonds is 6. The van der Waals surface area contributed by atoms with Crippen molar-refractivity contribution in [2.24, 2.45) is 10.3 Å². The third kappa shape index (κ3) is 7.35. The number of halogens is 3. The van der Waals surface area contributed by atoms with E-state index in [1.165, 1.54) is 38.5 Å². The quantitative estimate of drug-likeness (QED) is 0.185. The second-order valence-corrected chi connectivity index (χ2v) is 8.88. The minimum absolute atomic E-state index is 0.293. The Morgan fingerprint density at radius 1 is 0.590 bits per heavy atom. The smallest absolute Gasteiger partial charge is 0.132 e. The molecule has 0 bridgehead atoms. The third-order valence-electron chi connectivity index (χ3n) is 6.14. The van der Waals surface area contributed by atoms with Crippen LogP contribution in [-0.4, -0.2) is 25.6 Å². The maximum atomic E-state index is 14.1. The summed E-state index contributed by atoms with van der Waals surface area (Å²) in [5.74, 6) is -1.05. The Labute approximate surface area is 227 Å². The lowest BCUT2D eigenvalue weighted by atomic mass is 9.98. The maximum absolute atomic E-state index is 14.1. The number of hydrogen-bond donors (Lipinski definition) is 0. The number of benzene rings is 4. The van der Waals surface area contributed by atoms with Crippen LogP contribution in [0.3, 0.4) is 0 Å². The van der Waals surface area contributed by atoms with Gasteiger partial charge < -0.3 is 9.68 Å². The average molecular weight is 533 g/mol. The summed E-state index contributed by atoms with van der Waals surface area (Å²) in [7, 11) is 2.86. The molecule has 0 amide bonds. The van der Waals surface area contributed by atoms with Gasteiger partial charge in [0.05, 0.1) is 11.4 Å². The molecule has 202 valence electrons. The van der Waals surface area contributed by atoms with Crippen LogP contribution in [0.5, 0.6) is 0 Å². The summed E-state index contributed by atoms with van der Waals surface area (Å²) in [4.78, 5) is 9.30. The summed E-state index contributed by atoms with van der Waals surface area (Å²) in [6.07, 6.45) is 0. The van der Waals surface area contributed by atoms with E-state index in [0.29, 0.717) is 33.7 Å². The van der Waals surface area contributed by atoms with Gasteiger partial charge in [0.15, 0.2) is 0 Å². The zero-order chi connectivity index (χ0) is 28.5. The van der Waals surface area contributed by atoms with Crippen molar-refractivity contribution < 1.29 is 22.8 Å². The van der Waals surface area contributed by atoms with Gasteiger partial charge in [-0.3, -0.25) is 0 Å². The fraction of sp³-hybridized carbons (Fsp3) is 0.188. The van der Waals surface area contributed by atoms with Gasteiger partial charge in [0.2, 0.25) is 0 Å². The first-order chi connectivity index (χ1) is 18.7. The third-order valence-corrected chi connectivity index (χ3v) is 6.14. The molecule has 0 aromatic heterocycles. The highest BCUT2D eigenvalue weighted by Gasteiger charge is 2.11. The van der Waals surface area contributed by atoms with Gasteiger partial charge in [0.1, 0.15) is 31.7 Å². The molecule has 0 fully saturated rings. The molecule has 0 atom stereocenters. The lowest BCUT2D eigenvalue weighted by molar-refractivity contribution is 0.213. The van der Waals surface area contributed by atoms with Crippen molar-refractivity contribution in [1.82, 2.24) is 0 Å². The second kappa shape index (κ2) is 13.4. The Morgan fingerprint density at radius 3 is 1.56 bits per heavy atom. The number of aryl methyl sites for hydroxylation is 2. The topological polar surface area (TPSA) is 43.2 Å². The van der Waals surface area contributed by atoms with Crippen LogP contribution < -0.4 is 0 Å². The summed E-state index contributed by atoms with van der Waals surface area (Å²) in [5.41, 5.74) is 7.02. The van der Waals surface area contributed by atoms with Gasteiger partial charge in [-0.15, -0.1) is 0 Å². The first-order valence-corrected chi connectivity index (χ1v) is 12.2. The lowest BCUT2D eigenvalue weighted by Crippen LogP contribution is -2.00. The van der Waals surface area contributed by atoms with Gasteiger partial charge in [-0.05, 0) is 97.5 Å². The van der Waals surface area contributed by atoms with E-state index in [9.17, 15) is 13.2 Å². The SMILES string of the molecule is CO/N=C(\C)c1ccc(-c2cc(F)ccc2C)cc1F.CO/N=C(\C)c1ccc(-c2ccccc2C)cc1F. The van der Waals surface area contributed by atoms with Crippen LogP contribution in [0.2, 0.25) is 0 Å². The van der Waals surface area contributed by atoms with Crippen LogP contribution in [-0.2, 0) is 9.68 Å². The Bertz CT molecular complexity index is 1510. The van der Waals surface area contributed by atoms with Crippen LogP contribution in [0.1, 0.15) is 36.1 Å². The van der Waals surface area contributed by atoms with Crippen LogP contribution in [0.4, 0.5) is 13.2 Å². The summed E-state index contributed by atoms with van der Waals surface area (Å²) < 4.78 is 41.5. The molecule has 0 aliphatic heterocycles. The first-order valence-electron chi connectivity index (χ1n) is 12.2. The van der Waals surface area contributed by atoms with Gasteiger partial charge >= 0.3 is 0 Å². The summed E-state index contributed by atoms with van der Waals surface area (Å²) in [5, 5.41) is 7.46. The highest BCUT2D eigenvalue weighted by molar-refractivity contribution is 5.99. The number of oxime groups is 2. The molecule has 0 saturated heterocycles. The van der Waals surface area contributed by atoms with Gasteiger partial charge in [0.25, 0.3) is 0 Å². The van der Waals surface area contributed by atoms with Crippen molar-refractivity contribution in [2.45, 2.75) is 27.7 Å². The predicted molar refractivity (Wildman–Crippen MR) is 152 cm³/mol. The van der Waals surface area contributed by atoms with Crippen molar-refractivity contribution in [1.29, 1.82) is 0 Å². The van der Waals surface area contributed by atoms with E-state index in [2.05, 4.69) is 20.0 Å². The number of nitrogens with zero attached hydrogens (tertiary/aromatic N) is 2. The highest BCUT2D eigenvalue weighted by Crippen LogP contribution is 2.27. The molecule has 0 heterocycles. The van der Waals surface area contributed by atoms with Gasteiger partial charge in [-0.1, -0.05) is 52.8 Å². The van der Waals surface area contributed by atoms with Crippen molar-refractivity contribution in [3.8, 4) is 22.3 Å². The van der Waals surface area contributed by atoms with Crippen molar-refractivity contribution in [3.63, 3.8) is 0 Å². The van der Waals surface area contributed by atoms with E-state index >= 15 is 0 Å². The van der Waals surface area contributed by atoms with Crippen LogP contribution in [0.25, 0.3) is 22.3 Å². The van der Waals surface area contributed by atoms with Crippen molar-refractivity contribution in [2.75, 3.05) is 14.2 Å². The molecule has 7 heteroatoms. The molecule has 0 saturated carbocycles. The molecule has 39 heavy (non-hydrogen) atoms. The van der Waals surface area contributed by atoms with E-state index in [0.717, 1.165) is 22.3 Å². The molecule has 4 aromatic rings. The molecule has 0 unspecified atom stereocenters. The molecule has 0 aliphatic rings. The normalized spacial score (nSPS) is 11.5. The Kier molecular flexibility index (Phi) is 10.0. The van der Waals surface area contributed by atoms with Crippen LogP contribution in [0, 0.1) is 31.3 Å². The molecule has 0 spiro atoms. The van der Waals surface area contributed by atoms with Crippen LogP contribution >= 0.6 is 0 Å². The summed E-state index contributed by atoms with van der Waals surface area (Å²) in [6.45, 7) is 7.25. The van der Waals surface area contributed by atoms with E-state index in [4.69, 9.17) is 0 Å². The minimum atomic E-state index is -0.413. The van der Waals surface area contributed by atoms with Gasteiger partial charge in [0, 0.05) is 11.1 Å². The lowest BCUT2D eigenvalue weighted by Gasteiger charge is -2.09. The van der Waals surface area contributed by atoms with E-state index in [-0.39, 0.29) is 11.6 Å². The van der Waals surface area contributed by atoms with Crippen LogP contribution in [0.15, 0.2) is 89.2 Å². The fourth-order valence-electron chi connectivity index (χ4n) is 4.13. The molecule has 4 rings (SSSR count). The molecule has 4 nitrogen and oxygen atoms in total. The highest BCUT2D eigenvalue weighted by atomic mass is 19.1. The maximum Gasteiger partial charge on any atom is 0.132 e. The summed E-state index contributed by atoms with van der Waals surface area (Å²) in [6, 6.07) is 22.3. The Balaban J connectivity index is 0.000000216. The zero-order valence-electron chi connectivity index (χ0n) is 22.9. The second-order valence-electron chi connectivity index (χ2n) is 8.88. The largest absolute Gasteiger partial charge is 0.399 e. The molecular weight excluding hydrogens is 501 g/mol. The fourth-order valence-corrected chi connectivity index (χ4v) is 4.13. The zero-order valence-corrected chi connectivity index (χ0v) is 22.9. The Hall–Kier alpha value is -4.39. The molecule has 0 N–H and O–H groups in total. The first kappa shape index (κ1) is 29.2. The summed E-state index contributed by atoms with van der Waals surface area (Å²) >= 11 is 0. The number of hydrogen-bond acceptors (Lipinski definition) is 4. The Morgan fingerprint density at radius 2 is 1.08 bits per heavy atom. The molecule has 0 aliphatic carbocycles. The minimum Gasteiger partial charge on any atom is -0.399 e. The van der Waals surface area contributed by atoms with Crippen molar-refractivity contribution in [3.05, 3.63) is 119 Å². The average Bonchev–Trinajstić information content (AvgIpc) is 2.91. The van der Waals surface area contributed by atoms with Gasteiger partial charge in [-0.25, -0.2) is 13.2 Å². The monoisotopic (exact) mass is 532 g/mol. The van der Waals surface area contributed by atoms with E-state index in [1.807, 2.05) is 44.2 Å². The van der Waals surface area contributed by atoms with Crippen molar-refractivity contribution >= 4 is 11.4 Å². The molecular formula is C32H31F3N2O2. The van der Waals surface area contributed by atoms with E-state index in [1.54, 1.807) is 38.1 Å². The van der Waals surface area contributed by atoms with Gasteiger partial charge in [-0.2, -0.15) is 0 Å². The predicted octanol–water partition coefficient (Wildman–Crippen LogP) is 8.48. The molecule has 4 aromatic carbocycles. The van der Waals surface area contributed by atoms with E-state index < -0.39 is 5.82 Å². The molecule has 0 radical (unpaired) electrons.